The lowest BCUT2D eigenvalue weighted by Gasteiger charge is -2.07. The lowest BCUT2D eigenvalue weighted by molar-refractivity contribution is 0.746. The van der Waals surface area contributed by atoms with Gasteiger partial charge in [0.25, 0.3) is 0 Å². The van der Waals surface area contributed by atoms with E-state index in [4.69, 9.17) is 11.2 Å². The maximum Gasteiger partial charge on any atom is -0.00975 e. The number of halogens is 1. The van der Waals surface area contributed by atoms with Gasteiger partial charge in [-0.2, -0.15) is 0 Å². The van der Waals surface area contributed by atoms with Crippen LogP contribution in [0.3, 0.4) is 0 Å². The van der Waals surface area contributed by atoms with Crippen LogP contribution in [0.5, 0.6) is 0 Å². The molecule has 0 heterocycles. The smallest absolute Gasteiger partial charge is 0.00975 e. The van der Waals surface area contributed by atoms with Crippen LogP contribution in [0, 0.1) is 5.92 Å². The Balaban J connectivity index is 3.10. The van der Waals surface area contributed by atoms with E-state index in [9.17, 15) is 0 Å². The predicted molar refractivity (Wildman–Crippen MR) is 43.0 cm³/mol. The molecule has 0 fully saturated rings. The SMILES string of the molecule is CCP(Cl)CC(C)C. The zero-order chi connectivity index (χ0) is 6.57. The minimum Gasteiger partial charge on any atom is -0.0964 e. The van der Waals surface area contributed by atoms with Crippen LogP contribution in [-0.2, 0) is 0 Å². The molecule has 0 saturated carbocycles. The molecule has 0 aromatic rings. The van der Waals surface area contributed by atoms with Crippen LogP contribution in [0.4, 0.5) is 0 Å². The van der Waals surface area contributed by atoms with Crippen molar-refractivity contribution in [3.05, 3.63) is 0 Å². The molecule has 0 N–H and O–H groups in total. The molecular weight excluding hydrogens is 138 g/mol. The largest absolute Gasteiger partial charge is 0.0964 e. The number of rotatable bonds is 3. The van der Waals surface area contributed by atoms with Crippen molar-refractivity contribution in [2.45, 2.75) is 20.8 Å². The molecule has 0 amide bonds. The van der Waals surface area contributed by atoms with Gasteiger partial charge in [-0.05, 0) is 25.5 Å². The van der Waals surface area contributed by atoms with Crippen molar-refractivity contribution in [3.63, 3.8) is 0 Å². The highest BCUT2D eigenvalue weighted by atomic mass is 35.7. The van der Waals surface area contributed by atoms with Gasteiger partial charge in [0.15, 0.2) is 0 Å². The van der Waals surface area contributed by atoms with Crippen LogP contribution in [-0.4, -0.2) is 12.3 Å². The molecule has 0 aromatic heterocycles. The van der Waals surface area contributed by atoms with Crippen LogP contribution in [0.15, 0.2) is 0 Å². The van der Waals surface area contributed by atoms with Gasteiger partial charge in [0, 0.05) is 0 Å². The molecule has 0 bridgehead atoms. The number of hydrogen-bond acceptors (Lipinski definition) is 0. The van der Waals surface area contributed by atoms with Gasteiger partial charge in [-0.25, -0.2) is 0 Å². The van der Waals surface area contributed by atoms with Crippen LogP contribution < -0.4 is 0 Å². The van der Waals surface area contributed by atoms with E-state index in [-0.39, 0.29) is 7.27 Å². The Morgan fingerprint density at radius 3 is 2.12 bits per heavy atom. The average molecular weight is 153 g/mol. The lowest BCUT2D eigenvalue weighted by Crippen LogP contribution is -1.91. The fraction of sp³-hybridized carbons (Fsp3) is 1.00. The molecule has 50 valence electrons. The van der Waals surface area contributed by atoms with Gasteiger partial charge in [0.1, 0.15) is 0 Å². The summed E-state index contributed by atoms with van der Waals surface area (Å²) in [6, 6.07) is 0. The van der Waals surface area contributed by atoms with Gasteiger partial charge in [0.2, 0.25) is 0 Å². The molecule has 0 aliphatic heterocycles. The second-order valence-electron chi connectivity index (χ2n) is 2.36. The van der Waals surface area contributed by atoms with Crippen LogP contribution in [0.1, 0.15) is 20.8 Å². The molecule has 0 aromatic carbocycles. The fourth-order valence-electron chi connectivity index (χ4n) is 0.525. The summed E-state index contributed by atoms with van der Waals surface area (Å²) in [7, 11) is -0.146. The maximum atomic E-state index is 5.93. The molecule has 0 aliphatic rings. The molecule has 8 heavy (non-hydrogen) atoms. The first-order valence-electron chi connectivity index (χ1n) is 3.07. The highest BCUT2D eigenvalue weighted by molar-refractivity contribution is 7.83. The quantitative estimate of drug-likeness (QED) is 0.545. The Morgan fingerprint density at radius 2 is 2.00 bits per heavy atom. The van der Waals surface area contributed by atoms with Crippen molar-refractivity contribution >= 4 is 18.5 Å². The Kier molecular flexibility index (Phi) is 5.00. The molecule has 2 heteroatoms. The molecule has 0 rings (SSSR count). The number of hydrogen-bond donors (Lipinski definition) is 0. The highest BCUT2D eigenvalue weighted by Crippen LogP contribution is 2.41. The summed E-state index contributed by atoms with van der Waals surface area (Å²) in [5, 5.41) is 0. The van der Waals surface area contributed by atoms with E-state index >= 15 is 0 Å². The summed E-state index contributed by atoms with van der Waals surface area (Å²) in [5.74, 6) is 0.776. The summed E-state index contributed by atoms with van der Waals surface area (Å²) in [5.41, 5.74) is 0. The first-order valence-corrected chi connectivity index (χ1v) is 5.69. The third-order valence-electron chi connectivity index (χ3n) is 0.906. The van der Waals surface area contributed by atoms with Crippen molar-refractivity contribution in [1.82, 2.24) is 0 Å². The molecular formula is C6H14ClP. The Morgan fingerprint density at radius 1 is 1.50 bits per heavy atom. The molecule has 0 spiro atoms. The minimum absolute atomic E-state index is 0.146. The fourth-order valence-corrected chi connectivity index (χ4v) is 2.40. The summed E-state index contributed by atoms with van der Waals surface area (Å²) in [6.07, 6.45) is 2.38. The van der Waals surface area contributed by atoms with Gasteiger partial charge in [0.05, 0.1) is 0 Å². The van der Waals surface area contributed by atoms with Crippen LogP contribution in [0.2, 0.25) is 0 Å². The van der Waals surface area contributed by atoms with E-state index < -0.39 is 0 Å². The van der Waals surface area contributed by atoms with E-state index in [2.05, 4.69) is 20.8 Å². The predicted octanol–water partition coefficient (Wildman–Crippen LogP) is 3.30. The van der Waals surface area contributed by atoms with Crippen LogP contribution >= 0.6 is 18.5 Å². The standard InChI is InChI=1S/C6H14ClP/c1-4-8(7)5-6(2)3/h6H,4-5H2,1-3H3. The summed E-state index contributed by atoms with van der Waals surface area (Å²) in [6.45, 7) is 6.59. The van der Waals surface area contributed by atoms with Gasteiger partial charge in [-0.15, -0.1) is 0 Å². The Hall–Kier alpha value is 0.720. The summed E-state index contributed by atoms with van der Waals surface area (Å²) >= 11 is 5.93. The molecule has 1 unspecified atom stereocenters. The summed E-state index contributed by atoms with van der Waals surface area (Å²) < 4.78 is 0. The molecule has 0 saturated heterocycles. The molecule has 0 aliphatic carbocycles. The van der Waals surface area contributed by atoms with Crippen LogP contribution in [0.25, 0.3) is 0 Å². The topological polar surface area (TPSA) is 0 Å². The molecule has 0 radical (unpaired) electrons. The Bertz CT molecular complexity index is 54.5. The van der Waals surface area contributed by atoms with Crippen molar-refractivity contribution in [2.24, 2.45) is 5.92 Å². The molecule has 1 atom stereocenters. The second-order valence-corrected chi connectivity index (χ2v) is 5.71. The van der Waals surface area contributed by atoms with E-state index in [0.29, 0.717) is 0 Å². The lowest BCUT2D eigenvalue weighted by atomic mass is 10.3. The van der Waals surface area contributed by atoms with Crippen molar-refractivity contribution in [2.75, 3.05) is 12.3 Å². The van der Waals surface area contributed by atoms with E-state index in [1.807, 2.05) is 0 Å². The van der Waals surface area contributed by atoms with Gasteiger partial charge in [-0.1, -0.05) is 32.0 Å². The minimum atomic E-state index is -0.146. The second kappa shape index (κ2) is 4.58. The first kappa shape index (κ1) is 8.72. The van der Waals surface area contributed by atoms with E-state index in [1.165, 1.54) is 6.16 Å². The average Bonchev–Trinajstić information content (AvgIpc) is 1.65. The van der Waals surface area contributed by atoms with Crippen molar-refractivity contribution in [3.8, 4) is 0 Å². The maximum absolute atomic E-state index is 5.93. The third kappa shape index (κ3) is 4.87. The van der Waals surface area contributed by atoms with Gasteiger partial charge >= 0.3 is 0 Å². The van der Waals surface area contributed by atoms with Gasteiger partial charge < -0.3 is 0 Å². The summed E-state index contributed by atoms with van der Waals surface area (Å²) in [4.78, 5) is 0. The third-order valence-corrected chi connectivity index (χ3v) is 3.85. The van der Waals surface area contributed by atoms with Crippen molar-refractivity contribution in [1.29, 1.82) is 0 Å². The zero-order valence-electron chi connectivity index (χ0n) is 5.82. The van der Waals surface area contributed by atoms with E-state index in [1.54, 1.807) is 0 Å². The zero-order valence-corrected chi connectivity index (χ0v) is 7.47. The van der Waals surface area contributed by atoms with Gasteiger partial charge in [-0.3, -0.25) is 0 Å². The molecule has 0 nitrogen and oxygen atoms in total. The monoisotopic (exact) mass is 152 g/mol. The first-order chi connectivity index (χ1) is 3.66. The van der Waals surface area contributed by atoms with Crippen molar-refractivity contribution < 1.29 is 0 Å². The Labute approximate surface area is 58.2 Å². The van der Waals surface area contributed by atoms with E-state index in [0.717, 1.165) is 12.1 Å². The normalized spacial score (nSPS) is 14.6. The highest BCUT2D eigenvalue weighted by Gasteiger charge is 2.02.